The Balaban J connectivity index is 2.75. The lowest BCUT2D eigenvalue weighted by Gasteiger charge is -2.01. The van der Waals surface area contributed by atoms with Crippen molar-refractivity contribution in [1.82, 2.24) is 0 Å². The minimum atomic E-state index is -0.431. The molecule has 0 aliphatic heterocycles. The summed E-state index contributed by atoms with van der Waals surface area (Å²) in [4.78, 5) is 10.3. The lowest BCUT2D eigenvalue weighted by molar-refractivity contribution is 0.100. The van der Waals surface area contributed by atoms with Crippen LogP contribution in [0.5, 0.6) is 0 Å². The van der Waals surface area contributed by atoms with E-state index in [-0.39, 0.29) is 0 Å². The minimum absolute atomic E-state index is 0.417. The van der Waals surface area contributed by atoms with E-state index in [1.807, 2.05) is 0 Å². The first-order valence-corrected chi connectivity index (χ1v) is 4.64. The van der Waals surface area contributed by atoms with Crippen LogP contribution in [-0.2, 0) is 6.42 Å². The fourth-order valence-electron chi connectivity index (χ4n) is 0.983. The third-order valence-corrected chi connectivity index (χ3v) is 1.94. The Hall–Kier alpha value is -0.730. The minimum Gasteiger partial charge on any atom is -0.366 e. The zero-order chi connectivity index (χ0) is 9.84. The van der Waals surface area contributed by atoms with Gasteiger partial charge in [-0.15, -0.1) is 23.2 Å². The predicted octanol–water partition coefficient (Wildman–Crippen LogP) is 2.13. The molecule has 0 fully saturated rings. The first-order valence-electron chi connectivity index (χ1n) is 3.76. The summed E-state index contributed by atoms with van der Waals surface area (Å²) in [6.07, 6.45) is 0.572. The van der Waals surface area contributed by atoms with Gasteiger partial charge in [0.2, 0.25) is 5.91 Å². The van der Waals surface area contributed by atoms with E-state index in [1.165, 1.54) is 0 Å². The molecule has 0 saturated heterocycles. The summed E-state index contributed by atoms with van der Waals surface area (Å²) in [6, 6.07) is 6.90. The maximum atomic E-state index is 10.7. The topological polar surface area (TPSA) is 43.1 Å². The maximum absolute atomic E-state index is 10.7. The van der Waals surface area contributed by atoms with Crippen LogP contribution in [0, 0.1) is 0 Å². The molecular weight excluding hydrogens is 209 g/mol. The second-order valence-corrected chi connectivity index (χ2v) is 3.93. The quantitative estimate of drug-likeness (QED) is 0.776. The number of hydrogen-bond donors (Lipinski definition) is 1. The van der Waals surface area contributed by atoms with Crippen molar-refractivity contribution >= 4 is 29.1 Å². The van der Waals surface area contributed by atoms with Gasteiger partial charge in [-0.05, 0) is 17.7 Å². The van der Waals surface area contributed by atoms with Gasteiger partial charge in [0.25, 0.3) is 0 Å². The Morgan fingerprint density at radius 1 is 1.31 bits per heavy atom. The highest BCUT2D eigenvalue weighted by Crippen LogP contribution is 2.12. The molecule has 0 saturated carbocycles. The molecule has 2 nitrogen and oxygen atoms in total. The van der Waals surface area contributed by atoms with Crippen molar-refractivity contribution in [2.75, 3.05) is 0 Å². The summed E-state index contributed by atoms with van der Waals surface area (Å²) >= 11 is 11.2. The third-order valence-electron chi connectivity index (χ3n) is 1.63. The van der Waals surface area contributed by atoms with Crippen LogP contribution in [0.25, 0.3) is 0 Å². The summed E-state index contributed by atoms with van der Waals surface area (Å²) in [5, 5.41) is 0. The number of carbonyl (C=O) groups excluding carboxylic acids is 1. The molecule has 1 aromatic carbocycles. The summed E-state index contributed by atoms with van der Waals surface area (Å²) in [5.74, 6) is -0.431. The van der Waals surface area contributed by atoms with Gasteiger partial charge < -0.3 is 5.73 Å². The standard InChI is InChI=1S/C9H9Cl2NO/c10-8(11)5-6-1-3-7(4-2-6)9(12)13/h1-4,8H,5H2,(H2,12,13). The molecule has 4 heteroatoms. The monoisotopic (exact) mass is 217 g/mol. The molecule has 1 aromatic rings. The van der Waals surface area contributed by atoms with E-state index in [0.29, 0.717) is 12.0 Å². The smallest absolute Gasteiger partial charge is 0.248 e. The van der Waals surface area contributed by atoms with E-state index in [2.05, 4.69) is 0 Å². The number of halogens is 2. The lowest BCUT2D eigenvalue weighted by atomic mass is 10.1. The van der Waals surface area contributed by atoms with Crippen molar-refractivity contribution in [3.8, 4) is 0 Å². The molecule has 0 aromatic heterocycles. The molecule has 0 atom stereocenters. The Bertz CT molecular complexity index is 295. The first kappa shape index (κ1) is 10.4. The van der Waals surface area contributed by atoms with E-state index >= 15 is 0 Å². The molecule has 0 heterocycles. The van der Waals surface area contributed by atoms with Gasteiger partial charge in [-0.3, -0.25) is 4.79 Å². The van der Waals surface area contributed by atoms with Crippen LogP contribution >= 0.6 is 23.2 Å². The highest BCUT2D eigenvalue weighted by Gasteiger charge is 2.02. The van der Waals surface area contributed by atoms with E-state index in [4.69, 9.17) is 28.9 Å². The molecular formula is C9H9Cl2NO. The van der Waals surface area contributed by atoms with Crippen LogP contribution in [0.4, 0.5) is 0 Å². The van der Waals surface area contributed by atoms with Gasteiger partial charge >= 0.3 is 0 Å². The van der Waals surface area contributed by atoms with Gasteiger partial charge in [-0.1, -0.05) is 12.1 Å². The second-order valence-electron chi connectivity index (χ2n) is 2.66. The number of nitrogens with two attached hydrogens (primary N) is 1. The summed E-state index contributed by atoms with van der Waals surface area (Å²) in [6.45, 7) is 0. The Morgan fingerprint density at radius 2 is 1.85 bits per heavy atom. The van der Waals surface area contributed by atoms with Crippen LogP contribution in [-0.4, -0.2) is 10.7 Å². The van der Waals surface area contributed by atoms with Gasteiger partial charge in [0.05, 0.1) is 0 Å². The van der Waals surface area contributed by atoms with Gasteiger partial charge in [0.1, 0.15) is 4.84 Å². The van der Waals surface area contributed by atoms with Crippen molar-refractivity contribution in [3.63, 3.8) is 0 Å². The molecule has 0 unspecified atom stereocenters. The van der Waals surface area contributed by atoms with Crippen LogP contribution in [0.15, 0.2) is 24.3 Å². The third kappa shape index (κ3) is 3.25. The largest absolute Gasteiger partial charge is 0.366 e. The Kier molecular flexibility index (Phi) is 3.58. The van der Waals surface area contributed by atoms with E-state index in [1.54, 1.807) is 24.3 Å². The van der Waals surface area contributed by atoms with Crippen LogP contribution < -0.4 is 5.73 Å². The number of rotatable bonds is 3. The molecule has 0 aliphatic rings. The highest BCUT2D eigenvalue weighted by molar-refractivity contribution is 6.44. The van der Waals surface area contributed by atoms with Crippen molar-refractivity contribution in [3.05, 3.63) is 35.4 Å². The van der Waals surface area contributed by atoms with Crippen molar-refractivity contribution in [2.45, 2.75) is 11.3 Å². The van der Waals surface area contributed by atoms with Gasteiger partial charge in [0, 0.05) is 12.0 Å². The number of benzene rings is 1. The summed E-state index contributed by atoms with van der Waals surface area (Å²) in [5.41, 5.74) is 6.55. The summed E-state index contributed by atoms with van der Waals surface area (Å²) < 4.78 is 0. The molecule has 1 amide bonds. The molecule has 13 heavy (non-hydrogen) atoms. The molecule has 0 bridgehead atoms. The van der Waals surface area contributed by atoms with Crippen LogP contribution in [0.3, 0.4) is 0 Å². The Morgan fingerprint density at radius 3 is 2.23 bits per heavy atom. The average molecular weight is 218 g/mol. The van der Waals surface area contributed by atoms with Crippen molar-refractivity contribution < 1.29 is 4.79 Å². The maximum Gasteiger partial charge on any atom is 0.248 e. The number of hydrogen-bond acceptors (Lipinski definition) is 1. The zero-order valence-corrected chi connectivity index (χ0v) is 8.35. The predicted molar refractivity (Wildman–Crippen MR) is 54.2 cm³/mol. The van der Waals surface area contributed by atoms with Crippen molar-refractivity contribution in [2.24, 2.45) is 5.73 Å². The molecule has 0 radical (unpaired) electrons. The average Bonchev–Trinajstić information content (AvgIpc) is 2.04. The van der Waals surface area contributed by atoms with Gasteiger partial charge in [-0.25, -0.2) is 0 Å². The number of primary amides is 1. The van der Waals surface area contributed by atoms with E-state index in [0.717, 1.165) is 5.56 Å². The molecule has 0 aliphatic carbocycles. The lowest BCUT2D eigenvalue weighted by Crippen LogP contribution is -2.10. The van der Waals surface area contributed by atoms with Gasteiger partial charge in [0.15, 0.2) is 0 Å². The van der Waals surface area contributed by atoms with E-state index in [9.17, 15) is 4.79 Å². The zero-order valence-electron chi connectivity index (χ0n) is 6.84. The molecule has 70 valence electrons. The van der Waals surface area contributed by atoms with Crippen molar-refractivity contribution in [1.29, 1.82) is 0 Å². The Labute approximate surface area is 86.6 Å². The SMILES string of the molecule is NC(=O)c1ccc(CC(Cl)Cl)cc1. The molecule has 0 spiro atoms. The first-order chi connectivity index (χ1) is 6.09. The normalized spacial score (nSPS) is 10.4. The summed E-state index contributed by atoms with van der Waals surface area (Å²) in [7, 11) is 0. The number of carbonyl (C=O) groups is 1. The molecule has 1 rings (SSSR count). The highest BCUT2D eigenvalue weighted by atomic mass is 35.5. The van der Waals surface area contributed by atoms with Gasteiger partial charge in [-0.2, -0.15) is 0 Å². The number of alkyl halides is 2. The van der Waals surface area contributed by atoms with Crippen LogP contribution in [0.2, 0.25) is 0 Å². The number of amides is 1. The van der Waals surface area contributed by atoms with Crippen LogP contribution in [0.1, 0.15) is 15.9 Å². The van der Waals surface area contributed by atoms with E-state index < -0.39 is 10.7 Å². The second kappa shape index (κ2) is 4.49. The molecule has 2 N–H and O–H groups in total. The fraction of sp³-hybridized carbons (Fsp3) is 0.222. The fourth-order valence-corrected chi connectivity index (χ4v) is 1.34.